The van der Waals surface area contributed by atoms with Gasteiger partial charge in [0.2, 0.25) is 5.95 Å². The lowest BCUT2D eigenvalue weighted by molar-refractivity contribution is 0.142. The zero-order valence-corrected chi connectivity index (χ0v) is 13.5. The molecule has 0 aliphatic carbocycles. The summed E-state index contributed by atoms with van der Waals surface area (Å²) in [5, 5.41) is 9.70. The van der Waals surface area contributed by atoms with Crippen LogP contribution in [0.4, 0.5) is 16.6 Å². The quantitative estimate of drug-likeness (QED) is 0.856. The van der Waals surface area contributed by atoms with Crippen LogP contribution in [0.3, 0.4) is 0 Å². The van der Waals surface area contributed by atoms with E-state index in [9.17, 15) is 4.79 Å². The molecule has 0 atom stereocenters. The summed E-state index contributed by atoms with van der Waals surface area (Å²) in [5.41, 5.74) is 6.72. The number of nitrogens with two attached hydrogens (primary N) is 1. The summed E-state index contributed by atoms with van der Waals surface area (Å²) in [6.07, 6.45) is -0.912. The molecule has 1 aromatic heterocycles. The number of benzene rings is 1. The first-order chi connectivity index (χ1) is 11.5. The van der Waals surface area contributed by atoms with Crippen LogP contribution in [0, 0.1) is 0 Å². The maximum atomic E-state index is 11.0. The summed E-state index contributed by atoms with van der Waals surface area (Å²) >= 11 is 0. The standard InChI is InChI=1S/C15H19N5O4/c1-23-11-7-9-10(8-12(11)24-2)17-14(18-13(9)16)19-3-5-20(6-4-19)15(21)22/h7-8H,3-6H2,1-2H3,(H,21,22)(H2,16,17,18). The van der Waals surface area contributed by atoms with Gasteiger partial charge in [-0.25, -0.2) is 9.78 Å². The van der Waals surface area contributed by atoms with Crippen molar-refractivity contribution in [2.24, 2.45) is 0 Å². The number of nitrogen functional groups attached to an aromatic ring is 1. The predicted octanol–water partition coefficient (Wildman–Crippen LogP) is 1.03. The average Bonchev–Trinajstić information content (AvgIpc) is 2.60. The Bertz CT molecular complexity index is 774. The molecule has 1 aliphatic heterocycles. The van der Waals surface area contributed by atoms with Gasteiger partial charge in [0.15, 0.2) is 11.5 Å². The normalized spacial score (nSPS) is 14.8. The molecular weight excluding hydrogens is 314 g/mol. The van der Waals surface area contributed by atoms with Gasteiger partial charge in [-0.1, -0.05) is 0 Å². The molecule has 0 bridgehead atoms. The molecule has 0 radical (unpaired) electrons. The largest absolute Gasteiger partial charge is 0.493 e. The van der Waals surface area contributed by atoms with Crippen molar-refractivity contribution < 1.29 is 19.4 Å². The third-order valence-corrected chi connectivity index (χ3v) is 4.05. The van der Waals surface area contributed by atoms with Gasteiger partial charge in [-0.05, 0) is 6.07 Å². The molecule has 3 rings (SSSR count). The van der Waals surface area contributed by atoms with E-state index in [1.165, 1.54) is 4.90 Å². The van der Waals surface area contributed by atoms with Crippen LogP contribution in [0.2, 0.25) is 0 Å². The number of anilines is 2. The molecule has 1 fully saturated rings. The minimum atomic E-state index is -0.912. The van der Waals surface area contributed by atoms with Crippen molar-refractivity contribution in [1.29, 1.82) is 0 Å². The Kier molecular flexibility index (Phi) is 4.15. The fraction of sp³-hybridized carbons (Fsp3) is 0.400. The van der Waals surface area contributed by atoms with Gasteiger partial charge in [-0.3, -0.25) is 0 Å². The molecule has 128 valence electrons. The van der Waals surface area contributed by atoms with Crippen molar-refractivity contribution in [2.75, 3.05) is 51.0 Å². The van der Waals surface area contributed by atoms with Crippen molar-refractivity contribution >= 4 is 28.8 Å². The van der Waals surface area contributed by atoms with Crippen LogP contribution in [0.5, 0.6) is 11.5 Å². The zero-order chi connectivity index (χ0) is 17.3. The second-order valence-corrected chi connectivity index (χ2v) is 5.39. The SMILES string of the molecule is COc1cc2nc(N3CCN(C(=O)O)CC3)nc(N)c2cc1OC. The third kappa shape index (κ3) is 2.80. The van der Waals surface area contributed by atoms with E-state index >= 15 is 0 Å². The number of fused-ring (bicyclic) bond motifs is 1. The number of hydrogen-bond donors (Lipinski definition) is 2. The number of carboxylic acid groups (broad SMARTS) is 1. The molecule has 9 nitrogen and oxygen atoms in total. The average molecular weight is 333 g/mol. The van der Waals surface area contributed by atoms with E-state index in [1.807, 2.05) is 4.90 Å². The van der Waals surface area contributed by atoms with Crippen molar-refractivity contribution in [3.05, 3.63) is 12.1 Å². The Morgan fingerprint density at radius 2 is 1.75 bits per heavy atom. The molecule has 0 unspecified atom stereocenters. The minimum Gasteiger partial charge on any atom is -0.493 e. The molecule has 1 amide bonds. The Balaban J connectivity index is 1.94. The Morgan fingerprint density at radius 3 is 2.33 bits per heavy atom. The lowest BCUT2D eigenvalue weighted by atomic mass is 10.2. The van der Waals surface area contributed by atoms with E-state index in [4.69, 9.17) is 20.3 Å². The maximum Gasteiger partial charge on any atom is 0.407 e. The number of rotatable bonds is 3. The predicted molar refractivity (Wildman–Crippen MR) is 88.9 cm³/mol. The summed E-state index contributed by atoms with van der Waals surface area (Å²) < 4.78 is 10.6. The Morgan fingerprint density at radius 1 is 1.12 bits per heavy atom. The van der Waals surface area contributed by atoms with Gasteiger partial charge in [0, 0.05) is 37.6 Å². The molecule has 2 heterocycles. The van der Waals surface area contributed by atoms with Crippen molar-refractivity contribution in [2.45, 2.75) is 0 Å². The summed E-state index contributed by atoms with van der Waals surface area (Å²) in [7, 11) is 3.11. The van der Waals surface area contributed by atoms with Crippen molar-refractivity contribution in [1.82, 2.24) is 14.9 Å². The third-order valence-electron chi connectivity index (χ3n) is 4.05. The highest BCUT2D eigenvalue weighted by molar-refractivity contribution is 5.91. The molecule has 1 aromatic carbocycles. The fourth-order valence-corrected chi connectivity index (χ4v) is 2.71. The highest BCUT2D eigenvalue weighted by atomic mass is 16.5. The first kappa shape index (κ1) is 15.9. The zero-order valence-electron chi connectivity index (χ0n) is 13.5. The summed E-state index contributed by atoms with van der Waals surface area (Å²) in [6.45, 7) is 1.85. The van der Waals surface area contributed by atoms with E-state index in [1.54, 1.807) is 26.4 Å². The first-order valence-electron chi connectivity index (χ1n) is 7.45. The highest BCUT2D eigenvalue weighted by Gasteiger charge is 2.23. The van der Waals surface area contributed by atoms with Crippen LogP contribution >= 0.6 is 0 Å². The molecule has 1 aliphatic rings. The van der Waals surface area contributed by atoms with Gasteiger partial charge in [-0.2, -0.15) is 4.98 Å². The van der Waals surface area contributed by atoms with Gasteiger partial charge in [-0.15, -0.1) is 0 Å². The number of ether oxygens (including phenoxy) is 2. The van der Waals surface area contributed by atoms with Gasteiger partial charge in [0.25, 0.3) is 0 Å². The monoisotopic (exact) mass is 333 g/mol. The number of hydrogen-bond acceptors (Lipinski definition) is 7. The lowest BCUT2D eigenvalue weighted by Gasteiger charge is -2.33. The van der Waals surface area contributed by atoms with Crippen molar-refractivity contribution in [3.8, 4) is 11.5 Å². The van der Waals surface area contributed by atoms with Gasteiger partial charge in [0.1, 0.15) is 5.82 Å². The molecule has 24 heavy (non-hydrogen) atoms. The molecule has 3 N–H and O–H groups in total. The molecule has 9 heteroatoms. The number of piperazine rings is 1. The van der Waals surface area contributed by atoms with Crippen LogP contribution in [0.1, 0.15) is 0 Å². The van der Waals surface area contributed by atoms with Crippen LogP contribution in [0.25, 0.3) is 10.9 Å². The van der Waals surface area contributed by atoms with Gasteiger partial charge in [0.05, 0.1) is 19.7 Å². The number of nitrogens with zero attached hydrogens (tertiary/aromatic N) is 4. The summed E-state index contributed by atoms with van der Waals surface area (Å²) in [4.78, 5) is 23.2. The summed E-state index contributed by atoms with van der Waals surface area (Å²) in [6, 6.07) is 3.50. The van der Waals surface area contributed by atoms with E-state index in [0.29, 0.717) is 60.3 Å². The molecule has 0 saturated carbocycles. The molecule has 2 aromatic rings. The van der Waals surface area contributed by atoms with Gasteiger partial charge >= 0.3 is 6.09 Å². The van der Waals surface area contributed by atoms with E-state index < -0.39 is 6.09 Å². The topological polar surface area (TPSA) is 114 Å². The molecular formula is C15H19N5O4. The number of carbonyl (C=O) groups is 1. The summed E-state index contributed by atoms with van der Waals surface area (Å²) in [5.74, 6) is 1.95. The van der Waals surface area contributed by atoms with Crippen LogP contribution in [-0.2, 0) is 0 Å². The Labute approximate surface area is 138 Å². The van der Waals surface area contributed by atoms with E-state index in [-0.39, 0.29) is 0 Å². The second-order valence-electron chi connectivity index (χ2n) is 5.39. The highest BCUT2D eigenvalue weighted by Crippen LogP contribution is 2.34. The van der Waals surface area contributed by atoms with Crippen molar-refractivity contribution in [3.63, 3.8) is 0 Å². The molecule has 0 spiro atoms. The minimum absolute atomic E-state index is 0.344. The number of aromatic nitrogens is 2. The van der Waals surface area contributed by atoms with Gasteiger partial charge < -0.3 is 30.1 Å². The second kappa shape index (κ2) is 6.26. The molecule has 1 saturated heterocycles. The lowest BCUT2D eigenvalue weighted by Crippen LogP contribution is -2.48. The van der Waals surface area contributed by atoms with Crippen LogP contribution in [-0.4, -0.2) is 66.5 Å². The van der Waals surface area contributed by atoms with Crippen LogP contribution < -0.4 is 20.1 Å². The first-order valence-corrected chi connectivity index (χ1v) is 7.45. The smallest absolute Gasteiger partial charge is 0.407 e. The van der Waals surface area contributed by atoms with E-state index in [2.05, 4.69) is 9.97 Å². The number of amides is 1. The van der Waals surface area contributed by atoms with Crippen LogP contribution in [0.15, 0.2) is 12.1 Å². The number of methoxy groups -OCH3 is 2. The van der Waals surface area contributed by atoms with E-state index in [0.717, 1.165) is 0 Å². The fourth-order valence-electron chi connectivity index (χ4n) is 2.71. The Hall–Kier alpha value is -2.97. The maximum absolute atomic E-state index is 11.0.